The van der Waals surface area contributed by atoms with E-state index in [-0.39, 0.29) is 54.5 Å². The van der Waals surface area contributed by atoms with Crippen LogP contribution in [-0.4, -0.2) is 124 Å². The molecular formula is C65H71N9O8S3. The van der Waals surface area contributed by atoms with E-state index in [2.05, 4.69) is 53.6 Å². The maximum atomic E-state index is 14.3. The standard InChI is InChI=1S/C65H71N9O8S3/c1-40-55(83-39-67-40)44-21-17-42(18-22-44)36-66-59(78)51-33-46(75)37-74(51)60(79)56(64(2,3)4)70-57(76)45-34-65(35-45)26-30-72(31-27-65)28-9-11-41-19-23-47(24-20-41)82-32-10-16-53-54(61(80)81-5)69-63(85-53)73-29-25-43-12-8-13-48(49(43)38-73)58(77)71-62-68-50-14-6-7-15-52(50)84-62/h6-8,12-15,17-24,39,45-46,51,56,75H,10,16,25-38H2,1-5H3,(H,66,78)(H,70,76)(H,68,71,77)/t46-,51+,56-/m1/s1. The molecule has 1 aliphatic carbocycles. The van der Waals surface area contributed by atoms with Crippen LogP contribution in [0.25, 0.3) is 20.7 Å². The van der Waals surface area contributed by atoms with Crippen LogP contribution in [0.1, 0.15) is 113 Å². The smallest absolute Gasteiger partial charge is 0.357 e. The van der Waals surface area contributed by atoms with Crippen LogP contribution in [0.2, 0.25) is 0 Å². The summed E-state index contributed by atoms with van der Waals surface area (Å²) in [4.78, 5) is 90.0. The predicted octanol–water partition coefficient (Wildman–Crippen LogP) is 9.45. The third-order valence-corrected chi connectivity index (χ3v) is 20.0. The average molecular weight is 1200 g/mol. The number of aryl methyl sites for hydroxylation is 2. The zero-order chi connectivity index (χ0) is 59.4. The van der Waals surface area contributed by atoms with Gasteiger partial charge >= 0.3 is 5.97 Å². The number of methoxy groups -OCH3 is 1. The summed E-state index contributed by atoms with van der Waals surface area (Å²) in [5, 5.41) is 21.1. The van der Waals surface area contributed by atoms with Crippen LogP contribution in [0.4, 0.5) is 10.3 Å². The van der Waals surface area contributed by atoms with E-state index in [1.54, 1.807) is 11.3 Å². The number of benzene rings is 4. The summed E-state index contributed by atoms with van der Waals surface area (Å²) in [6.45, 7) is 12.0. The number of β-amino-alcohol motifs (C(OH)–C–C–N with tert-alkyl or cyclic N) is 1. The number of aromatic nitrogens is 3. The molecule has 7 aromatic rings. The van der Waals surface area contributed by atoms with E-state index >= 15 is 0 Å². The second kappa shape index (κ2) is 25.6. The molecule has 3 aromatic heterocycles. The van der Waals surface area contributed by atoms with Crippen molar-refractivity contribution in [1.29, 1.82) is 0 Å². The second-order valence-corrected chi connectivity index (χ2v) is 26.8. The van der Waals surface area contributed by atoms with Crippen LogP contribution >= 0.6 is 34.0 Å². The fourth-order valence-electron chi connectivity index (χ4n) is 12.1. The van der Waals surface area contributed by atoms with E-state index in [9.17, 15) is 29.1 Å². The first-order valence-corrected chi connectivity index (χ1v) is 31.6. The first-order valence-electron chi connectivity index (χ1n) is 29.1. The van der Waals surface area contributed by atoms with Crippen molar-refractivity contribution >= 4 is 84.1 Å². The van der Waals surface area contributed by atoms with Crippen molar-refractivity contribution in [2.24, 2.45) is 16.7 Å². The van der Waals surface area contributed by atoms with E-state index in [4.69, 9.17) is 14.5 Å². The third-order valence-electron chi connectivity index (χ3n) is 16.9. The van der Waals surface area contributed by atoms with Crippen molar-refractivity contribution in [2.75, 3.05) is 56.7 Å². The monoisotopic (exact) mass is 1200 g/mol. The fraction of sp³-hybridized carbons (Fsp3) is 0.415. The largest absolute Gasteiger partial charge is 0.494 e. The molecule has 4 amide bonds. The quantitative estimate of drug-likeness (QED) is 0.0381. The van der Waals surface area contributed by atoms with E-state index in [1.807, 2.05) is 118 Å². The molecule has 0 bridgehead atoms. The summed E-state index contributed by atoms with van der Waals surface area (Å²) in [6, 6.07) is 27.6. The van der Waals surface area contributed by atoms with Crippen LogP contribution in [0.15, 0.2) is 96.5 Å². The van der Waals surface area contributed by atoms with Crippen LogP contribution in [0.3, 0.4) is 0 Å². The average Bonchev–Trinajstić information content (AvgIpc) is 3.87. The van der Waals surface area contributed by atoms with E-state index in [0.717, 1.165) is 104 Å². The normalized spacial score (nSPS) is 18.0. The van der Waals surface area contributed by atoms with Crippen LogP contribution in [-0.2, 0) is 45.1 Å². The van der Waals surface area contributed by atoms with Gasteiger partial charge in [0.25, 0.3) is 5.91 Å². The number of carbonyl (C=O) groups excluding carboxylic acids is 5. The lowest BCUT2D eigenvalue weighted by Crippen LogP contribution is -2.60. The van der Waals surface area contributed by atoms with Gasteiger partial charge in [0, 0.05) is 54.5 Å². The number of thiazole rings is 3. The van der Waals surface area contributed by atoms with Gasteiger partial charge < -0.3 is 35.0 Å². The Hall–Kier alpha value is -7.54. The predicted molar refractivity (Wildman–Crippen MR) is 332 cm³/mol. The molecule has 11 rings (SSSR count). The molecule has 20 heteroatoms. The summed E-state index contributed by atoms with van der Waals surface area (Å²) in [5.74, 6) is 5.67. The van der Waals surface area contributed by atoms with Gasteiger partial charge in [-0.3, -0.25) is 29.4 Å². The number of nitrogens with one attached hydrogen (secondary N) is 3. The second-order valence-electron chi connectivity index (χ2n) is 23.9. The molecule has 3 fully saturated rings. The van der Waals surface area contributed by atoms with Gasteiger partial charge in [0.15, 0.2) is 16.0 Å². The third kappa shape index (κ3) is 13.6. The maximum Gasteiger partial charge on any atom is 0.357 e. The summed E-state index contributed by atoms with van der Waals surface area (Å²) in [5.41, 5.74) is 8.89. The van der Waals surface area contributed by atoms with Crippen molar-refractivity contribution in [3.63, 3.8) is 0 Å². The summed E-state index contributed by atoms with van der Waals surface area (Å²) in [7, 11) is 1.36. The molecule has 3 aliphatic heterocycles. The number of para-hydroxylation sites is 1. The van der Waals surface area contributed by atoms with Gasteiger partial charge in [0.2, 0.25) is 17.7 Å². The molecule has 0 unspecified atom stereocenters. The number of piperidine rings is 1. The van der Waals surface area contributed by atoms with Gasteiger partial charge in [-0.15, -0.1) is 22.7 Å². The summed E-state index contributed by atoms with van der Waals surface area (Å²) >= 11 is 4.50. The number of hydrogen-bond donors (Lipinski definition) is 4. The topological polar surface area (TPSA) is 209 Å². The Morgan fingerprint density at radius 3 is 2.41 bits per heavy atom. The Morgan fingerprint density at radius 1 is 0.906 bits per heavy atom. The molecule has 1 spiro atoms. The highest BCUT2D eigenvalue weighted by Gasteiger charge is 2.50. The van der Waals surface area contributed by atoms with Gasteiger partial charge in [-0.25, -0.2) is 19.7 Å². The SMILES string of the molecule is COC(=O)c1nc(N2CCc3cccc(C(=O)Nc4nc5ccccc5s4)c3C2)sc1CCCOc1ccc(C#CCN2CCC3(CC2)CC(C(=O)N[C@H](C(=O)N2C[C@H](O)C[C@H]2C(=O)NCc2ccc(-c4scnc4C)cc2)C(C)(C)C)C3)cc1. The molecule has 4 aliphatic rings. The first-order chi connectivity index (χ1) is 41.0. The molecule has 4 aromatic carbocycles. The van der Waals surface area contributed by atoms with Crippen LogP contribution in [0, 0.1) is 35.5 Å². The molecule has 6 heterocycles. The zero-order valence-electron chi connectivity index (χ0n) is 48.6. The maximum absolute atomic E-state index is 14.3. The van der Waals surface area contributed by atoms with Crippen molar-refractivity contribution < 1.29 is 38.6 Å². The van der Waals surface area contributed by atoms with Gasteiger partial charge in [-0.2, -0.15) is 0 Å². The number of ether oxygens (including phenoxy) is 2. The molecule has 17 nitrogen and oxygen atoms in total. The highest BCUT2D eigenvalue weighted by Crippen LogP contribution is 2.53. The van der Waals surface area contributed by atoms with Crippen LogP contribution < -0.4 is 25.6 Å². The number of nitrogens with zero attached hydrogens (tertiary/aromatic N) is 6. The van der Waals surface area contributed by atoms with Gasteiger partial charge in [-0.05, 0) is 141 Å². The number of anilines is 2. The molecule has 0 radical (unpaired) electrons. The highest BCUT2D eigenvalue weighted by atomic mass is 32.1. The van der Waals surface area contributed by atoms with Crippen LogP contribution in [0.5, 0.6) is 5.75 Å². The van der Waals surface area contributed by atoms with Gasteiger partial charge in [-0.1, -0.05) is 92.5 Å². The molecule has 3 atom stereocenters. The fourth-order valence-corrected chi connectivity index (χ4v) is 14.8. The van der Waals surface area contributed by atoms with Crippen molar-refractivity contribution in [3.05, 3.63) is 141 Å². The Balaban J connectivity index is 0.607. The van der Waals surface area contributed by atoms with Crippen molar-refractivity contribution in [1.82, 2.24) is 35.4 Å². The van der Waals surface area contributed by atoms with Gasteiger partial charge in [0.05, 0.1) is 52.7 Å². The Kier molecular flexibility index (Phi) is 17.8. The minimum Gasteiger partial charge on any atom is -0.494 e. The minimum absolute atomic E-state index is 0.0250. The number of amides is 4. The van der Waals surface area contributed by atoms with E-state index in [0.29, 0.717) is 60.6 Å². The molecule has 85 heavy (non-hydrogen) atoms. The molecule has 1 saturated carbocycles. The lowest BCUT2D eigenvalue weighted by atomic mass is 9.57. The molecular weight excluding hydrogens is 1130 g/mol. The van der Waals surface area contributed by atoms with Gasteiger partial charge in [0.1, 0.15) is 17.8 Å². The lowest BCUT2D eigenvalue weighted by molar-refractivity contribution is -0.146. The zero-order valence-corrected chi connectivity index (χ0v) is 51.0. The van der Waals surface area contributed by atoms with E-state index < -0.39 is 29.6 Å². The number of fused-ring (bicyclic) bond motifs is 2. The molecule has 4 N–H and O–H groups in total. The minimum atomic E-state index is -0.869. The number of esters is 1. The summed E-state index contributed by atoms with van der Waals surface area (Å²) in [6.07, 6.45) is 4.71. The lowest BCUT2D eigenvalue weighted by Gasteiger charge is -2.51. The number of likely N-dealkylation sites (tertiary alicyclic amines) is 2. The Morgan fingerprint density at radius 2 is 1.68 bits per heavy atom. The number of aliphatic hydroxyl groups excluding tert-OH is 1. The first kappa shape index (κ1) is 59.2. The van der Waals surface area contributed by atoms with Crippen molar-refractivity contribution in [2.45, 2.75) is 110 Å². The highest BCUT2D eigenvalue weighted by molar-refractivity contribution is 7.22. The number of aliphatic hydroxyl groups is 1. The number of rotatable bonds is 17. The Labute approximate surface area is 507 Å². The van der Waals surface area contributed by atoms with E-state index in [1.165, 1.54) is 34.7 Å². The molecule has 442 valence electrons. The van der Waals surface area contributed by atoms with Crippen molar-refractivity contribution in [3.8, 4) is 28.0 Å². The molecule has 2 saturated heterocycles. The number of carbonyl (C=O) groups is 5. The Bertz CT molecular complexity index is 3620. The number of hydrogen-bond acceptors (Lipinski definition) is 16. The summed E-state index contributed by atoms with van der Waals surface area (Å²) < 4.78 is 12.3.